The number of aliphatic hydroxyl groups excluding tert-OH is 4. The number of amides is 1. The minimum atomic E-state index is -1.95. The van der Waals surface area contributed by atoms with Crippen LogP contribution in [0.3, 0.4) is 0 Å². The van der Waals surface area contributed by atoms with Gasteiger partial charge in [0.25, 0.3) is 0 Å². The molecule has 0 saturated carbocycles. The number of hydrogen-bond acceptors (Lipinski definition) is 9. The molecule has 0 fully saturated rings. The van der Waals surface area contributed by atoms with E-state index < -0.39 is 48.9 Å². The predicted octanol–water partition coefficient (Wildman–Crippen LogP) is -4.24. The maximum atomic E-state index is 11.5. The maximum Gasteiger partial charge on any atom is 0.323 e. The van der Waals surface area contributed by atoms with Crippen molar-refractivity contribution in [3.05, 3.63) is 0 Å². The molecule has 8 N–H and O–H groups in total. The maximum absolute atomic E-state index is 11.5. The van der Waals surface area contributed by atoms with Crippen molar-refractivity contribution in [2.45, 2.75) is 43.3 Å². The molecule has 0 unspecified atom stereocenters. The van der Waals surface area contributed by atoms with E-state index in [9.17, 15) is 24.6 Å². The lowest BCUT2D eigenvalue weighted by molar-refractivity contribution is -0.169. The van der Waals surface area contributed by atoms with Crippen molar-refractivity contribution in [2.75, 3.05) is 6.61 Å². The zero-order valence-corrected chi connectivity index (χ0v) is 11.2. The first-order valence-corrected chi connectivity index (χ1v) is 6.09. The fourth-order valence-corrected chi connectivity index (χ4v) is 1.35. The molecule has 122 valence electrons. The van der Waals surface area contributed by atoms with E-state index in [1.807, 2.05) is 0 Å². The molecule has 0 saturated heterocycles. The van der Waals surface area contributed by atoms with Crippen LogP contribution in [0.2, 0.25) is 0 Å². The molecule has 0 aliphatic carbocycles. The Labute approximate surface area is 120 Å². The van der Waals surface area contributed by atoms with Crippen molar-refractivity contribution >= 4 is 18.2 Å². The van der Waals surface area contributed by atoms with Gasteiger partial charge in [0.1, 0.15) is 24.4 Å². The van der Waals surface area contributed by atoms with Crippen LogP contribution in [0.25, 0.3) is 0 Å². The molecule has 10 nitrogen and oxygen atoms in total. The van der Waals surface area contributed by atoms with Crippen LogP contribution in [0.4, 0.5) is 0 Å². The van der Waals surface area contributed by atoms with Gasteiger partial charge in [-0.1, -0.05) is 0 Å². The van der Waals surface area contributed by atoms with Gasteiger partial charge in [-0.3, -0.25) is 14.4 Å². The minimum absolute atomic E-state index is 0.0384. The van der Waals surface area contributed by atoms with Gasteiger partial charge in [0.2, 0.25) is 5.91 Å². The van der Waals surface area contributed by atoms with Gasteiger partial charge in [-0.25, -0.2) is 0 Å². The molecule has 0 aliphatic heterocycles. The van der Waals surface area contributed by atoms with Crippen LogP contribution in [0, 0.1) is 0 Å². The largest absolute Gasteiger partial charge is 0.451 e. The number of hydrogen-bond donors (Lipinski definition) is 6. The predicted molar refractivity (Wildman–Crippen MR) is 67.5 cm³/mol. The van der Waals surface area contributed by atoms with Gasteiger partial charge < -0.3 is 36.6 Å². The minimum Gasteiger partial charge on any atom is -0.451 e. The van der Waals surface area contributed by atoms with Gasteiger partial charge in [0.15, 0.2) is 12.4 Å². The zero-order chi connectivity index (χ0) is 16.6. The Hall–Kier alpha value is -1.59. The lowest BCUT2D eigenvalue weighted by Gasteiger charge is -2.26. The van der Waals surface area contributed by atoms with Crippen LogP contribution in [0.5, 0.6) is 0 Å². The van der Waals surface area contributed by atoms with Crippen LogP contribution in [-0.4, -0.2) is 75.7 Å². The van der Waals surface area contributed by atoms with E-state index in [0.717, 1.165) is 0 Å². The monoisotopic (exact) mass is 308 g/mol. The van der Waals surface area contributed by atoms with Crippen molar-refractivity contribution in [1.29, 1.82) is 0 Å². The highest BCUT2D eigenvalue weighted by Crippen LogP contribution is 2.09. The number of primary amides is 1. The molecule has 10 heteroatoms. The summed E-state index contributed by atoms with van der Waals surface area (Å²) in [6.07, 6.45) is -7.60. The van der Waals surface area contributed by atoms with Crippen LogP contribution >= 0.6 is 0 Å². The Bertz CT molecular complexity index is 364. The Morgan fingerprint density at radius 3 is 2.19 bits per heavy atom. The summed E-state index contributed by atoms with van der Waals surface area (Å²) in [6.45, 7) is -0.865. The molecule has 5 atom stereocenters. The lowest BCUT2D eigenvalue weighted by Crippen LogP contribution is -2.49. The first kappa shape index (κ1) is 19.4. The lowest BCUT2D eigenvalue weighted by atomic mass is 10.0. The number of esters is 1. The summed E-state index contributed by atoms with van der Waals surface area (Å²) < 4.78 is 4.58. The number of aldehydes is 1. The third-order valence-corrected chi connectivity index (χ3v) is 2.66. The van der Waals surface area contributed by atoms with Gasteiger partial charge in [0, 0.05) is 6.42 Å². The number of rotatable bonds is 10. The topological polar surface area (TPSA) is 193 Å². The molecular formula is C11H20N2O8. The summed E-state index contributed by atoms with van der Waals surface area (Å²) in [7, 11) is 0. The highest BCUT2D eigenvalue weighted by atomic mass is 16.6. The third-order valence-electron chi connectivity index (χ3n) is 2.66. The van der Waals surface area contributed by atoms with Crippen molar-refractivity contribution < 1.29 is 39.5 Å². The molecule has 0 aromatic carbocycles. The highest BCUT2D eigenvalue weighted by molar-refractivity contribution is 5.79. The molecule has 0 radical (unpaired) electrons. The quantitative estimate of drug-likeness (QED) is 0.171. The average Bonchev–Trinajstić information content (AvgIpc) is 2.47. The first-order valence-electron chi connectivity index (χ1n) is 6.09. The van der Waals surface area contributed by atoms with Crippen LogP contribution in [0.15, 0.2) is 0 Å². The van der Waals surface area contributed by atoms with E-state index in [1.54, 1.807) is 0 Å². The molecule has 1 amide bonds. The molecule has 0 rings (SSSR count). The van der Waals surface area contributed by atoms with E-state index in [-0.39, 0.29) is 19.1 Å². The molecule has 21 heavy (non-hydrogen) atoms. The second-order valence-electron chi connectivity index (χ2n) is 4.38. The normalized spacial score (nSPS) is 18.1. The van der Waals surface area contributed by atoms with E-state index in [4.69, 9.17) is 21.7 Å². The van der Waals surface area contributed by atoms with Crippen LogP contribution < -0.4 is 11.5 Å². The molecule has 0 spiro atoms. The Morgan fingerprint density at radius 2 is 1.76 bits per heavy atom. The van der Waals surface area contributed by atoms with Gasteiger partial charge >= 0.3 is 5.97 Å². The number of aliphatic hydroxyl groups is 4. The van der Waals surface area contributed by atoms with E-state index >= 15 is 0 Å². The third kappa shape index (κ3) is 6.60. The first-order chi connectivity index (χ1) is 9.74. The molecule has 0 heterocycles. The fourth-order valence-electron chi connectivity index (χ4n) is 1.35. The summed E-state index contributed by atoms with van der Waals surface area (Å²) in [5, 5.41) is 36.8. The standard InChI is InChI=1S/C11H20N2O8/c12-5(1-2-8(13)17)11(20)21-7(4-15)10(19)9(18)6(16)3-14/h4-7,9-10,14,16,18-19H,1-3,12H2,(H2,13,17)/t5-,6+,7-,9+,10+/m0/s1. The van der Waals surface area contributed by atoms with Gasteiger partial charge in [-0.2, -0.15) is 0 Å². The number of nitrogens with two attached hydrogens (primary N) is 2. The van der Waals surface area contributed by atoms with Crippen molar-refractivity contribution in [3.63, 3.8) is 0 Å². The van der Waals surface area contributed by atoms with Crippen molar-refractivity contribution in [2.24, 2.45) is 11.5 Å². The summed E-state index contributed by atoms with van der Waals surface area (Å²) in [6, 6.07) is -1.24. The fraction of sp³-hybridized carbons (Fsp3) is 0.727. The van der Waals surface area contributed by atoms with Crippen LogP contribution in [-0.2, 0) is 19.1 Å². The molecular weight excluding hydrogens is 288 g/mol. The summed E-state index contributed by atoms with van der Waals surface area (Å²) in [5.74, 6) is -1.76. The van der Waals surface area contributed by atoms with E-state index in [2.05, 4.69) is 4.74 Å². The van der Waals surface area contributed by atoms with Crippen LogP contribution in [0.1, 0.15) is 12.8 Å². The molecule has 0 aliphatic rings. The molecule has 0 aromatic rings. The number of carbonyl (C=O) groups excluding carboxylic acids is 3. The Kier molecular flexibility index (Phi) is 8.66. The van der Waals surface area contributed by atoms with Gasteiger partial charge in [0.05, 0.1) is 6.61 Å². The van der Waals surface area contributed by atoms with Crippen molar-refractivity contribution in [3.8, 4) is 0 Å². The van der Waals surface area contributed by atoms with E-state index in [0.29, 0.717) is 0 Å². The Morgan fingerprint density at radius 1 is 1.19 bits per heavy atom. The number of ether oxygens (including phenoxy) is 1. The molecule has 0 bridgehead atoms. The smallest absolute Gasteiger partial charge is 0.323 e. The summed E-state index contributed by atoms with van der Waals surface area (Å²) in [4.78, 5) is 32.9. The van der Waals surface area contributed by atoms with Gasteiger partial charge in [-0.05, 0) is 6.42 Å². The van der Waals surface area contributed by atoms with E-state index in [1.165, 1.54) is 0 Å². The zero-order valence-electron chi connectivity index (χ0n) is 11.2. The highest BCUT2D eigenvalue weighted by Gasteiger charge is 2.34. The number of carbonyl (C=O) groups is 3. The second-order valence-corrected chi connectivity index (χ2v) is 4.38. The second kappa shape index (κ2) is 9.37. The summed E-state index contributed by atoms with van der Waals surface area (Å²) >= 11 is 0. The van der Waals surface area contributed by atoms with Crippen molar-refractivity contribution in [1.82, 2.24) is 0 Å². The van der Waals surface area contributed by atoms with Gasteiger partial charge in [-0.15, -0.1) is 0 Å². The summed E-state index contributed by atoms with van der Waals surface area (Å²) in [5.41, 5.74) is 10.3. The average molecular weight is 308 g/mol. The SMILES string of the molecule is NC(=O)CC[C@H](N)C(=O)O[C@@H](C=O)[C@@H](O)[C@H](O)[C@H](O)CO. The Balaban J connectivity index is 4.57. The molecule has 0 aromatic heterocycles.